The Morgan fingerprint density at radius 3 is 2.79 bits per heavy atom. The summed E-state index contributed by atoms with van der Waals surface area (Å²) < 4.78 is 13.1. The Morgan fingerprint density at radius 1 is 1.14 bits per heavy atom. The summed E-state index contributed by atoms with van der Waals surface area (Å²) in [5.74, 6) is 0.868. The zero-order valence-corrected chi connectivity index (χ0v) is 23.6. The predicted molar refractivity (Wildman–Crippen MR) is 154 cm³/mol. The van der Waals surface area contributed by atoms with Crippen LogP contribution >= 0.6 is 23.2 Å². The molecular formula is C27H23Cl2N9O4. The molecule has 1 atom stereocenters. The molecule has 1 amide bonds. The van der Waals surface area contributed by atoms with E-state index in [4.69, 9.17) is 37.7 Å². The number of pyridine rings is 2. The first-order valence-electron chi connectivity index (χ1n) is 12.8. The Morgan fingerprint density at radius 2 is 2.02 bits per heavy atom. The lowest BCUT2D eigenvalue weighted by Gasteiger charge is -2.15. The largest absolute Gasteiger partial charge is 0.447 e. The number of fused-ring (bicyclic) bond motifs is 1. The second kappa shape index (κ2) is 11.7. The van der Waals surface area contributed by atoms with Crippen molar-refractivity contribution in [2.45, 2.75) is 18.9 Å². The molecule has 214 valence electrons. The Bertz CT molecular complexity index is 1800. The monoisotopic (exact) mass is 607 g/mol. The fraction of sp³-hybridized carbons (Fsp3) is 0.222. The van der Waals surface area contributed by atoms with Crippen LogP contribution in [0.1, 0.15) is 24.0 Å². The van der Waals surface area contributed by atoms with Crippen LogP contribution in [0.2, 0.25) is 10.2 Å². The van der Waals surface area contributed by atoms with E-state index in [2.05, 4.69) is 30.8 Å². The quantitative estimate of drug-likeness (QED) is 0.245. The van der Waals surface area contributed by atoms with Crippen molar-refractivity contribution in [3.05, 3.63) is 87.0 Å². The number of aromatic nitrogens is 8. The smallest absolute Gasteiger partial charge is 0.412 e. The number of aryl methyl sites for hydroxylation is 1. The number of halogens is 2. The van der Waals surface area contributed by atoms with Crippen molar-refractivity contribution in [2.75, 3.05) is 25.6 Å². The zero-order valence-electron chi connectivity index (χ0n) is 22.1. The van der Waals surface area contributed by atoms with Gasteiger partial charge in [0.05, 0.1) is 18.3 Å². The fourth-order valence-electron chi connectivity index (χ4n) is 4.90. The van der Waals surface area contributed by atoms with Gasteiger partial charge in [-0.25, -0.2) is 14.8 Å². The van der Waals surface area contributed by atoms with Crippen LogP contribution in [0.5, 0.6) is 0 Å². The maximum absolute atomic E-state index is 13.5. The van der Waals surface area contributed by atoms with Crippen LogP contribution in [0.4, 0.5) is 10.6 Å². The number of amides is 1. The highest BCUT2D eigenvalue weighted by Gasteiger charge is 2.29. The highest BCUT2D eigenvalue weighted by atomic mass is 35.5. The molecule has 13 nitrogen and oxygen atoms in total. The molecule has 0 aliphatic carbocycles. The third kappa shape index (κ3) is 5.49. The summed E-state index contributed by atoms with van der Waals surface area (Å²) in [6.07, 6.45) is 3.71. The van der Waals surface area contributed by atoms with Crippen LogP contribution < -0.4 is 10.9 Å². The van der Waals surface area contributed by atoms with Crippen molar-refractivity contribution in [3.63, 3.8) is 0 Å². The van der Waals surface area contributed by atoms with Crippen LogP contribution in [0.25, 0.3) is 28.1 Å². The molecule has 0 radical (unpaired) electrons. The number of ether oxygens (including phenoxy) is 2. The minimum absolute atomic E-state index is 0.128. The highest BCUT2D eigenvalue weighted by molar-refractivity contribution is 6.32. The maximum Gasteiger partial charge on any atom is 0.412 e. The number of carbonyl (C=O) groups excluding carboxylic acids is 1. The number of hydrogen-bond acceptors (Lipinski definition) is 9. The van der Waals surface area contributed by atoms with Gasteiger partial charge in [0.25, 0.3) is 5.56 Å². The van der Waals surface area contributed by atoms with E-state index in [-0.39, 0.29) is 18.2 Å². The van der Waals surface area contributed by atoms with Gasteiger partial charge in [-0.3, -0.25) is 10.1 Å². The van der Waals surface area contributed by atoms with Gasteiger partial charge in [-0.1, -0.05) is 23.2 Å². The van der Waals surface area contributed by atoms with E-state index in [1.54, 1.807) is 47.2 Å². The van der Waals surface area contributed by atoms with E-state index >= 15 is 0 Å². The van der Waals surface area contributed by atoms with Crippen molar-refractivity contribution in [2.24, 2.45) is 0 Å². The molecule has 0 saturated heterocycles. The fourth-order valence-corrected chi connectivity index (χ4v) is 5.33. The molecule has 5 aromatic rings. The minimum atomic E-state index is -0.636. The molecular weight excluding hydrogens is 585 g/mol. The zero-order chi connectivity index (χ0) is 29.2. The van der Waals surface area contributed by atoms with E-state index in [1.807, 2.05) is 6.07 Å². The first-order chi connectivity index (χ1) is 20.4. The molecule has 0 spiro atoms. The Kier molecular flexibility index (Phi) is 7.69. The minimum Gasteiger partial charge on any atom is -0.447 e. The number of H-pyrrole nitrogens is 1. The molecule has 5 heterocycles. The number of aromatic amines is 1. The predicted octanol–water partition coefficient (Wildman–Crippen LogP) is 4.31. The summed E-state index contributed by atoms with van der Waals surface area (Å²) in [6, 6.07) is 11.9. The molecule has 4 aromatic heterocycles. The SMILES string of the molecule is COCCOC(=O)Nc1ccc(-c2nc([C@@H]3CCc4cc(-c5cc(Cl)ccc5-n5cnnn5)cc(=O)n43)[nH]c2Cl)cn1. The third-order valence-electron chi connectivity index (χ3n) is 6.78. The van der Waals surface area contributed by atoms with Gasteiger partial charge < -0.3 is 19.0 Å². The van der Waals surface area contributed by atoms with Gasteiger partial charge in [0.15, 0.2) is 0 Å². The first kappa shape index (κ1) is 27.6. The van der Waals surface area contributed by atoms with Crippen LogP contribution in [-0.2, 0) is 15.9 Å². The number of hydrogen-bond donors (Lipinski definition) is 2. The van der Waals surface area contributed by atoms with E-state index in [0.717, 1.165) is 11.3 Å². The van der Waals surface area contributed by atoms with E-state index in [1.165, 1.54) is 18.1 Å². The number of nitrogens with one attached hydrogen (secondary N) is 2. The second-order valence-electron chi connectivity index (χ2n) is 9.38. The van der Waals surface area contributed by atoms with Gasteiger partial charge in [0.2, 0.25) is 0 Å². The van der Waals surface area contributed by atoms with Crippen molar-refractivity contribution in [3.8, 4) is 28.1 Å². The van der Waals surface area contributed by atoms with Crippen LogP contribution in [0.3, 0.4) is 0 Å². The van der Waals surface area contributed by atoms with Crippen molar-refractivity contribution in [1.82, 2.24) is 39.7 Å². The van der Waals surface area contributed by atoms with E-state index in [9.17, 15) is 9.59 Å². The van der Waals surface area contributed by atoms with Crippen LogP contribution in [0.15, 0.2) is 59.8 Å². The molecule has 0 fully saturated rings. The molecule has 0 unspecified atom stereocenters. The second-order valence-corrected chi connectivity index (χ2v) is 10.2. The summed E-state index contributed by atoms with van der Waals surface area (Å²) in [7, 11) is 1.52. The van der Waals surface area contributed by atoms with Gasteiger partial charge in [-0.05, 0) is 65.2 Å². The van der Waals surface area contributed by atoms with Crippen molar-refractivity contribution < 1.29 is 14.3 Å². The lowest BCUT2D eigenvalue weighted by molar-refractivity contribution is 0.107. The molecule has 42 heavy (non-hydrogen) atoms. The number of nitrogens with zero attached hydrogens (tertiary/aromatic N) is 7. The molecule has 2 N–H and O–H groups in total. The molecule has 0 bridgehead atoms. The number of methoxy groups -OCH3 is 1. The average Bonchev–Trinajstić information content (AvgIpc) is 3.74. The molecule has 0 saturated carbocycles. The highest BCUT2D eigenvalue weighted by Crippen LogP contribution is 2.36. The van der Waals surface area contributed by atoms with Gasteiger partial charge >= 0.3 is 6.09 Å². The van der Waals surface area contributed by atoms with Crippen molar-refractivity contribution in [1.29, 1.82) is 0 Å². The van der Waals surface area contributed by atoms with Crippen LogP contribution in [-0.4, -0.2) is 66.1 Å². The summed E-state index contributed by atoms with van der Waals surface area (Å²) in [5, 5.41) is 14.8. The Balaban J connectivity index is 1.25. The molecule has 1 aromatic carbocycles. The Hall–Kier alpha value is -4.59. The standard InChI is InChI=1S/C27H23Cl2N9O4/c1-41-8-9-42-27(40)32-22-7-2-15(13-30-22)24-25(29)34-26(33-24)21-6-4-18-10-16(11-23(39)38(18)21)19-12-17(28)3-5-20(19)37-14-31-35-36-37/h2-3,5,7,10-14,21H,4,6,8-9H2,1H3,(H,33,34)(H,30,32,40)/t21-/m0/s1. The molecule has 1 aliphatic rings. The first-order valence-corrected chi connectivity index (χ1v) is 13.6. The Labute approximate surface area is 248 Å². The molecule has 1 aliphatic heterocycles. The number of rotatable bonds is 8. The number of tetrazole rings is 1. The number of imidazole rings is 1. The van der Waals surface area contributed by atoms with E-state index in [0.29, 0.717) is 63.8 Å². The van der Waals surface area contributed by atoms with Gasteiger partial charge in [0.1, 0.15) is 35.4 Å². The lowest BCUT2D eigenvalue weighted by Crippen LogP contribution is -2.24. The van der Waals surface area contributed by atoms with Crippen LogP contribution in [0, 0.1) is 0 Å². The van der Waals surface area contributed by atoms with Gasteiger partial charge in [-0.2, -0.15) is 4.68 Å². The lowest BCUT2D eigenvalue weighted by atomic mass is 10.0. The topological polar surface area (TPSA) is 155 Å². The summed E-state index contributed by atoms with van der Waals surface area (Å²) in [6.45, 7) is 0.423. The molecule has 6 rings (SSSR count). The summed E-state index contributed by atoms with van der Waals surface area (Å²) in [4.78, 5) is 37.5. The number of benzene rings is 1. The summed E-state index contributed by atoms with van der Waals surface area (Å²) >= 11 is 12.8. The third-order valence-corrected chi connectivity index (χ3v) is 7.29. The molecule has 15 heteroatoms. The van der Waals surface area contributed by atoms with Gasteiger partial charge in [-0.15, -0.1) is 5.10 Å². The average molecular weight is 608 g/mol. The van der Waals surface area contributed by atoms with Crippen molar-refractivity contribution >= 4 is 35.1 Å². The normalized spacial score (nSPS) is 14.1. The maximum atomic E-state index is 13.5. The summed E-state index contributed by atoms with van der Waals surface area (Å²) in [5.41, 5.74) is 3.93. The van der Waals surface area contributed by atoms with E-state index < -0.39 is 6.09 Å². The van der Waals surface area contributed by atoms with Gasteiger partial charge in [0, 0.05) is 41.2 Å². The number of anilines is 1. The number of carbonyl (C=O) groups is 1.